The zero-order chi connectivity index (χ0) is 14.7. The predicted octanol–water partition coefficient (Wildman–Crippen LogP) is 1.28. The largest absolute Gasteiger partial charge is 0.465 e. The molecule has 0 aliphatic carbocycles. The van der Waals surface area contributed by atoms with Crippen LogP contribution < -0.4 is 5.32 Å². The van der Waals surface area contributed by atoms with Gasteiger partial charge >= 0.3 is 5.97 Å². The van der Waals surface area contributed by atoms with Crippen molar-refractivity contribution in [2.24, 2.45) is 0 Å². The van der Waals surface area contributed by atoms with Gasteiger partial charge in [-0.2, -0.15) is 0 Å². The van der Waals surface area contributed by atoms with Gasteiger partial charge in [-0.15, -0.1) is 0 Å². The number of hydrogen-bond donors (Lipinski definition) is 2. The lowest BCUT2D eigenvalue weighted by Gasteiger charge is -2.15. The van der Waals surface area contributed by atoms with E-state index in [0.717, 1.165) is 7.11 Å². The van der Waals surface area contributed by atoms with Crippen molar-refractivity contribution in [3.05, 3.63) is 34.4 Å². The molecule has 1 atom stereocenters. The zero-order valence-electron chi connectivity index (χ0n) is 10.1. The number of halogens is 4. The van der Waals surface area contributed by atoms with Crippen LogP contribution in [0.1, 0.15) is 22.0 Å². The molecule has 8 heteroatoms. The monoisotopic (exact) mass is 281 g/mol. The van der Waals surface area contributed by atoms with E-state index in [0.29, 0.717) is 0 Å². The van der Waals surface area contributed by atoms with Gasteiger partial charge in [-0.25, -0.2) is 22.4 Å². The lowest BCUT2D eigenvalue weighted by Crippen LogP contribution is -2.22. The van der Waals surface area contributed by atoms with Gasteiger partial charge in [-0.3, -0.25) is 0 Å². The van der Waals surface area contributed by atoms with Crippen molar-refractivity contribution in [2.75, 3.05) is 20.7 Å². The fraction of sp³-hybridized carbons (Fsp3) is 0.364. The van der Waals surface area contributed by atoms with E-state index in [1.165, 1.54) is 7.05 Å². The van der Waals surface area contributed by atoms with Crippen LogP contribution in [0.25, 0.3) is 0 Å². The summed E-state index contributed by atoms with van der Waals surface area (Å²) in [5.41, 5.74) is -2.66. The van der Waals surface area contributed by atoms with Crippen molar-refractivity contribution in [1.29, 1.82) is 0 Å². The Kier molecular flexibility index (Phi) is 4.84. The molecule has 1 aromatic rings. The van der Waals surface area contributed by atoms with E-state index in [4.69, 9.17) is 0 Å². The molecule has 106 valence electrons. The lowest BCUT2D eigenvalue weighted by atomic mass is 10.0. The van der Waals surface area contributed by atoms with Crippen molar-refractivity contribution < 1.29 is 32.2 Å². The number of methoxy groups -OCH3 is 1. The van der Waals surface area contributed by atoms with Gasteiger partial charge in [0.25, 0.3) is 0 Å². The molecule has 0 amide bonds. The minimum absolute atomic E-state index is 0.329. The lowest BCUT2D eigenvalue weighted by molar-refractivity contribution is 0.0585. The first-order valence-corrected chi connectivity index (χ1v) is 5.13. The zero-order valence-corrected chi connectivity index (χ0v) is 10.1. The molecule has 0 bridgehead atoms. The number of carbonyl (C=O) groups excluding carboxylic acids is 1. The summed E-state index contributed by atoms with van der Waals surface area (Å²) in [6, 6.07) is 0. The summed E-state index contributed by atoms with van der Waals surface area (Å²) >= 11 is 0. The molecule has 1 unspecified atom stereocenters. The van der Waals surface area contributed by atoms with Crippen molar-refractivity contribution in [1.82, 2.24) is 5.32 Å². The fourth-order valence-electron chi connectivity index (χ4n) is 1.52. The van der Waals surface area contributed by atoms with Gasteiger partial charge in [0.15, 0.2) is 23.3 Å². The van der Waals surface area contributed by atoms with Crippen LogP contribution in [0.4, 0.5) is 17.6 Å². The minimum atomic E-state index is -1.91. The molecule has 0 fully saturated rings. The Morgan fingerprint density at radius 2 is 1.68 bits per heavy atom. The number of rotatable bonds is 4. The molecule has 0 heterocycles. The summed E-state index contributed by atoms with van der Waals surface area (Å²) in [6.45, 7) is -0.329. The van der Waals surface area contributed by atoms with Gasteiger partial charge in [0.2, 0.25) is 0 Å². The number of hydrogen-bond acceptors (Lipinski definition) is 4. The van der Waals surface area contributed by atoms with Crippen molar-refractivity contribution >= 4 is 5.97 Å². The summed E-state index contributed by atoms with van der Waals surface area (Å²) in [5.74, 6) is -9.03. The van der Waals surface area contributed by atoms with Gasteiger partial charge in [0.1, 0.15) is 5.56 Å². The molecular weight excluding hydrogens is 270 g/mol. The Morgan fingerprint density at radius 1 is 1.21 bits per heavy atom. The number of nitrogens with one attached hydrogen (secondary N) is 1. The third-order valence-electron chi connectivity index (χ3n) is 2.42. The highest BCUT2D eigenvalue weighted by Gasteiger charge is 2.32. The molecule has 2 N–H and O–H groups in total. The number of esters is 1. The molecule has 1 rings (SSSR count). The van der Waals surface area contributed by atoms with Crippen LogP contribution in [0, 0.1) is 23.3 Å². The minimum Gasteiger partial charge on any atom is -0.465 e. The van der Waals surface area contributed by atoms with Crippen LogP contribution in [0.15, 0.2) is 0 Å². The summed E-state index contributed by atoms with van der Waals surface area (Å²) in [7, 11) is 2.18. The molecule has 0 radical (unpaired) electrons. The van der Waals surface area contributed by atoms with E-state index in [9.17, 15) is 27.5 Å². The van der Waals surface area contributed by atoms with Crippen LogP contribution in [0.3, 0.4) is 0 Å². The second-order valence-electron chi connectivity index (χ2n) is 3.61. The fourth-order valence-corrected chi connectivity index (χ4v) is 1.52. The van der Waals surface area contributed by atoms with Gasteiger partial charge in [0, 0.05) is 6.54 Å². The summed E-state index contributed by atoms with van der Waals surface area (Å²) in [6.07, 6.45) is -1.80. The molecular formula is C11H11F4NO3. The number of aliphatic hydroxyl groups excluding tert-OH is 1. The third kappa shape index (κ3) is 2.69. The van der Waals surface area contributed by atoms with Crippen molar-refractivity contribution in [3.63, 3.8) is 0 Å². The maximum atomic E-state index is 13.6. The SMILES string of the molecule is CNCC(O)c1c(F)c(F)c(C(=O)OC)c(F)c1F. The van der Waals surface area contributed by atoms with Crippen molar-refractivity contribution in [2.45, 2.75) is 6.10 Å². The molecule has 19 heavy (non-hydrogen) atoms. The maximum Gasteiger partial charge on any atom is 0.344 e. The standard InChI is InChI=1S/C11H11F4NO3/c1-16-3-4(17)5-7(12)9(14)6(11(18)19-2)10(15)8(5)13/h4,16-17H,3H2,1-2H3. The summed E-state index contributed by atoms with van der Waals surface area (Å²) in [5, 5.41) is 11.8. The number of aliphatic hydroxyl groups is 1. The predicted molar refractivity (Wildman–Crippen MR) is 56.5 cm³/mol. The highest BCUT2D eigenvalue weighted by molar-refractivity contribution is 5.90. The van der Waals surface area contributed by atoms with Crippen LogP contribution in [0.5, 0.6) is 0 Å². The Labute approximate surface area is 106 Å². The highest BCUT2D eigenvalue weighted by atomic mass is 19.2. The first-order valence-electron chi connectivity index (χ1n) is 5.13. The van der Waals surface area contributed by atoms with Crippen LogP contribution >= 0.6 is 0 Å². The van der Waals surface area contributed by atoms with E-state index in [1.54, 1.807) is 0 Å². The van der Waals surface area contributed by atoms with E-state index in [2.05, 4.69) is 10.1 Å². The van der Waals surface area contributed by atoms with E-state index >= 15 is 0 Å². The van der Waals surface area contributed by atoms with E-state index in [-0.39, 0.29) is 6.54 Å². The Balaban J connectivity index is 3.51. The molecule has 0 saturated carbocycles. The quantitative estimate of drug-likeness (QED) is 0.496. The first-order chi connectivity index (χ1) is 8.86. The van der Waals surface area contributed by atoms with Gasteiger partial charge in [-0.1, -0.05) is 0 Å². The van der Waals surface area contributed by atoms with Crippen molar-refractivity contribution in [3.8, 4) is 0 Å². The molecule has 0 spiro atoms. The number of likely N-dealkylation sites (N-methyl/N-ethyl adjacent to an activating group) is 1. The van der Waals surface area contributed by atoms with E-state index < -0.39 is 46.5 Å². The average molecular weight is 281 g/mol. The normalized spacial score (nSPS) is 12.4. The first kappa shape index (κ1) is 15.4. The second kappa shape index (κ2) is 5.98. The Morgan fingerprint density at radius 3 is 2.05 bits per heavy atom. The number of carbonyl (C=O) groups is 1. The maximum absolute atomic E-state index is 13.6. The Bertz CT molecular complexity index is 478. The molecule has 0 aliphatic rings. The average Bonchev–Trinajstić information content (AvgIpc) is 2.37. The number of benzene rings is 1. The molecule has 0 saturated heterocycles. The molecule has 0 aromatic heterocycles. The summed E-state index contributed by atoms with van der Waals surface area (Å²) in [4.78, 5) is 11.1. The summed E-state index contributed by atoms with van der Waals surface area (Å²) < 4.78 is 58.3. The van der Waals surface area contributed by atoms with E-state index in [1.807, 2.05) is 0 Å². The molecule has 4 nitrogen and oxygen atoms in total. The van der Waals surface area contributed by atoms with Crippen LogP contribution in [0.2, 0.25) is 0 Å². The van der Waals surface area contributed by atoms with Crippen LogP contribution in [-0.2, 0) is 4.74 Å². The van der Waals surface area contributed by atoms with Gasteiger partial charge in [-0.05, 0) is 7.05 Å². The highest BCUT2D eigenvalue weighted by Crippen LogP contribution is 2.28. The topological polar surface area (TPSA) is 58.6 Å². The third-order valence-corrected chi connectivity index (χ3v) is 2.42. The molecule has 0 aliphatic heterocycles. The smallest absolute Gasteiger partial charge is 0.344 e. The van der Waals surface area contributed by atoms with Gasteiger partial charge < -0.3 is 15.2 Å². The van der Waals surface area contributed by atoms with Crippen LogP contribution in [-0.4, -0.2) is 31.8 Å². The second-order valence-corrected chi connectivity index (χ2v) is 3.61. The number of ether oxygens (including phenoxy) is 1. The molecule has 1 aromatic carbocycles. The Hall–Kier alpha value is -1.67. The van der Waals surface area contributed by atoms with Gasteiger partial charge in [0.05, 0.1) is 18.8 Å².